The van der Waals surface area contributed by atoms with E-state index in [4.69, 9.17) is 0 Å². The van der Waals surface area contributed by atoms with E-state index >= 15 is 0 Å². The van der Waals surface area contributed by atoms with Crippen LogP contribution in [0.5, 0.6) is 0 Å². The van der Waals surface area contributed by atoms with Crippen LogP contribution in [-0.4, -0.2) is 51.8 Å². The van der Waals surface area contributed by atoms with Crippen molar-refractivity contribution in [1.82, 2.24) is 25.0 Å². The zero-order valence-corrected chi connectivity index (χ0v) is 15.3. The van der Waals surface area contributed by atoms with Gasteiger partial charge in [0.2, 0.25) is 0 Å². The van der Waals surface area contributed by atoms with Crippen molar-refractivity contribution in [1.29, 1.82) is 0 Å². The van der Waals surface area contributed by atoms with Gasteiger partial charge in [-0.2, -0.15) is 5.10 Å². The molecule has 24 heavy (non-hydrogen) atoms. The number of rotatable bonds is 3. The summed E-state index contributed by atoms with van der Waals surface area (Å²) in [6, 6.07) is 5.69. The van der Waals surface area contributed by atoms with Gasteiger partial charge in [-0.1, -0.05) is 13.0 Å². The average molecular weight is 372 g/mol. The van der Waals surface area contributed by atoms with Crippen LogP contribution in [0.1, 0.15) is 29.4 Å². The maximum Gasteiger partial charge on any atom is 0.257 e. The Hall–Kier alpha value is -1.63. The lowest BCUT2D eigenvalue weighted by atomic mass is 10.1. The molecule has 0 spiro atoms. The average Bonchev–Trinajstić information content (AvgIpc) is 2.80. The summed E-state index contributed by atoms with van der Waals surface area (Å²) in [7, 11) is 0. The monoisotopic (exact) mass is 371 g/mol. The Morgan fingerprint density at radius 1 is 1.25 bits per heavy atom. The first-order valence-corrected chi connectivity index (χ1v) is 7.79. The van der Waals surface area contributed by atoms with Gasteiger partial charge >= 0.3 is 0 Å². The van der Waals surface area contributed by atoms with Crippen LogP contribution in [0.3, 0.4) is 0 Å². The molecule has 0 atom stereocenters. The summed E-state index contributed by atoms with van der Waals surface area (Å²) in [4.78, 5) is 19.0. The second kappa shape index (κ2) is 9.61. The number of nitrogens with zero attached hydrogens (tertiary/aromatic N) is 4. The molecule has 0 unspecified atom stereocenters. The van der Waals surface area contributed by atoms with Crippen molar-refractivity contribution in [3.05, 3.63) is 41.9 Å². The molecule has 1 fully saturated rings. The molecule has 2 aromatic rings. The van der Waals surface area contributed by atoms with E-state index in [0.717, 1.165) is 50.5 Å². The zero-order valence-electron chi connectivity index (χ0n) is 13.6. The Balaban J connectivity index is 0.00000144. The Labute approximate surface area is 154 Å². The third kappa shape index (κ3) is 4.26. The standard InChI is InChI=1S/C16H21N5O.2ClH/c1-2-14-13(16(22)20-10-5-7-17-9-11-20)12-19-21(14)15-6-3-4-8-18-15;;/h3-4,6,8,12,17H,2,5,7,9-11H2,1H3;2*1H. The van der Waals surface area contributed by atoms with Crippen molar-refractivity contribution in [3.63, 3.8) is 0 Å². The molecule has 2 aromatic heterocycles. The summed E-state index contributed by atoms with van der Waals surface area (Å²) in [5.41, 5.74) is 1.61. The number of hydrogen-bond donors (Lipinski definition) is 1. The molecule has 1 saturated heterocycles. The van der Waals surface area contributed by atoms with Gasteiger partial charge in [-0.05, 0) is 31.5 Å². The van der Waals surface area contributed by atoms with Crippen LogP contribution in [-0.2, 0) is 6.42 Å². The number of aromatic nitrogens is 3. The van der Waals surface area contributed by atoms with Crippen molar-refractivity contribution in [2.75, 3.05) is 26.2 Å². The number of amides is 1. The predicted octanol–water partition coefficient (Wildman–Crippen LogP) is 2.11. The molecule has 6 nitrogen and oxygen atoms in total. The van der Waals surface area contributed by atoms with Gasteiger partial charge in [0.05, 0.1) is 17.5 Å². The Bertz CT molecular complexity index is 639. The van der Waals surface area contributed by atoms with E-state index in [0.29, 0.717) is 5.56 Å². The van der Waals surface area contributed by atoms with Crippen LogP contribution in [0.4, 0.5) is 0 Å². The molecule has 0 radical (unpaired) electrons. The van der Waals surface area contributed by atoms with Crippen LogP contribution in [0, 0.1) is 0 Å². The largest absolute Gasteiger partial charge is 0.337 e. The van der Waals surface area contributed by atoms with Crippen molar-refractivity contribution >= 4 is 30.7 Å². The molecule has 0 saturated carbocycles. The highest BCUT2D eigenvalue weighted by Crippen LogP contribution is 2.16. The number of halogens is 2. The summed E-state index contributed by atoms with van der Waals surface area (Å²) >= 11 is 0. The molecule has 0 bridgehead atoms. The second-order valence-electron chi connectivity index (χ2n) is 5.35. The topological polar surface area (TPSA) is 63.1 Å². The summed E-state index contributed by atoms with van der Waals surface area (Å²) in [5, 5.41) is 7.71. The van der Waals surface area contributed by atoms with E-state index in [2.05, 4.69) is 15.4 Å². The van der Waals surface area contributed by atoms with E-state index in [1.807, 2.05) is 30.0 Å². The van der Waals surface area contributed by atoms with Gasteiger partial charge in [0, 0.05) is 25.8 Å². The van der Waals surface area contributed by atoms with E-state index in [9.17, 15) is 4.79 Å². The Morgan fingerprint density at radius 3 is 2.79 bits per heavy atom. The summed E-state index contributed by atoms with van der Waals surface area (Å²) in [6.07, 6.45) is 5.14. The summed E-state index contributed by atoms with van der Waals surface area (Å²) in [6.45, 7) is 5.40. The molecular formula is C16H23Cl2N5O. The van der Waals surface area contributed by atoms with Crippen LogP contribution in [0.2, 0.25) is 0 Å². The molecule has 3 heterocycles. The molecule has 8 heteroatoms. The predicted molar refractivity (Wildman–Crippen MR) is 98.6 cm³/mol. The van der Waals surface area contributed by atoms with E-state index in [-0.39, 0.29) is 30.7 Å². The van der Waals surface area contributed by atoms with Crippen molar-refractivity contribution < 1.29 is 4.79 Å². The molecule has 0 aliphatic carbocycles. The van der Waals surface area contributed by atoms with Crippen LogP contribution in [0.15, 0.2) is 30.6 Å². The number of hydrogen-bond acceptors (Lipinski definition) is 4. The zero-order chi connectivity index (χ0) is 15.4. The normalized spacial score (nSPS) is 14.3. The van der Waals surface area contributed by atoms with Gasteiger partial charge in [-0.25, -0.2) is 9.67 Å². The highest BCUT2D eigenvalue weighted by Gasteiger charge is 2.23. The minimum absolute atomic E-state index is 0. The van der Waals surface area contributed by atoms with Crippen LogP contribution < -0.4 is 5.32 Å². The summed E-state index contributed by atoms with van der Waals surface area (Å²) in [5.74, 6) is 0.818. The lowest BCUT2D eigenvalue weighted by molar-refractivity contribution is 0.0765. The smallest absolute Gasteiger partial charge is 0.257 e. The Kier molecular flexibility index (Phi) is 8.18. The highest BCUT2D eigenvalue weighted by molar-refractivity contribution is 5.95. The fraction of sp³-hybridized carbons (Fsp3) is 0.438. The first kappa shape index (κ1) is 20.4. The lowest BCUT2D eigenvalue weighted by Gasteiger charge is -2.20. The number of carbonyl (C=O) groups excluding carboxylic acids is 1. The minimum atomic E-state index is 0. The quantitative estimate of drug-likeness (QED) is 0.897. The third-order valence-corrected chi connectivity index (χ3v) is 3.93. The van der Waals surface area contributed by atoms with E-state index < -0.39 is 0 Å². The lowest BCUT2D eigenvalue weighted by Crippen LogP contribution is -2.34. The van der Waals surface area contributed by atoms with Crippen LogP contribution >= 0.6 is 24.8 Å². The van der Waals surface area contributed by atoms with Crippen molar-refractivity contribution in [2.24, 2.45) is 0 Å². The van der Waals surface area contributed by atoms with Gasteiger partial charge in [0.1, 0.15) is 0 Å². The van der Waals surface area contributed by atoms with Gasteiger partial charge in [-0.15, -0.1) is 24.8 Å². The maximum atomic E-state index is 12.8. The van der Waals surface area contributed by atoms with Gasteiger partial charge in [0.25, 0.3) is 5.91 Å². The Morgan fingerprint density at radius 2 is 2.08 bits per heavy atom. The first-order chi connectivity index (χ1) is 10.8. The highest BCUT2D eigenvalue weighted by atomic mass is 35.5. The molecule has 1 aliphatic heterocycles. The number of nitrogens with one attached hydrogen (secondary N) is 1. The van der Waals surface area contributed by atoms with Crippen molar-refractivity contribution in [2.45, 2.75) is 19.8 Å². The molecule has 1 amide bonds. The van der Waals surface area contributed by atoms with Crippen molar-refractivity contribution in [3.8, 4) is 5.82 Å². The first-order valence-electron chi connectivity index (χ1n) is 7.79. The fourth-order valence-electron chi connectivity index (χ4n) is 2.79. The molecular weight excluding hydrogens is 349 g/mol. The van der Waals surface area contributed by atoms with Crippen LogP contribution in [0.25, 0.3) is 5.82 Å². The van der Waals surface area contributed by atoms with Gasteiger partial charge in [0.15, 0.2) is 5.82 Å². The second-order valence-corrected chi connectivity index (χ2v) is 5.35. The van der Waals surface area contributed by atoms with E-state index in [1.54, 1.807) is 17.1 Å². The molecule has 1 N–H and O–H groups in total. The molecule has 1 aliphatic rings. The molecule has 0 aromatic carbocycles. The number of carbonyl (C=O) groups is 1. The minimum Gasteiger partial charge on any atom is -0.337 e. The fourth-order valence-corrected chi connectivity index (χ4v) is 2.79. The van der Waals surface area contributed by atoms with E-state index in [1.165, 1.54) is 0 Å². The third-order valence-electron chi connectivity index (χ3n) is 3.93. The maximum absolute atomic E-state index is 12.8. The number of pyridine rings is 1. The van der Waals surface area contributed by atoms with Gasteiger partial charge in [-0.3, -0.25) is 4.79 Å². The molecule has 3 rings (SSSR count). The SMILES string of the molecule is CCc1c(C(=O)N2CCCNCC2)cnn1-c1ccccn1.Cl.Cl. The van der Waals surface area contributed by atoms with Gasteiger partial charge < -0.3 is 10.2 Å². The summed E-state index contributed by atoms with van der Waals surface area (Å²) < 4.78 is 1.77. The molecule has 132 valence electrons.